The van der Waals surface area contributed by atoms with E-state index < -0.39 is 0 Å². The van der Waals surface area contributed by atoms with Gasteiger partial charge in [-0.2, -0.15) is 0 Å². The van der Waals surface area contributed by atoms with Crippen molar-refractivity contribution in [3.8, 4) is 0 Å². The van der Waals surface area contributed by atoms with Gasteiger partial charge in [-0.15, -0.1) is 11.3 Å². The zero-order valence-corrected chi connectivity index (χ0v) is 14.9. The van der Waals surface area contributed by atoms with Crippen molar-refractivity contribution in [2.75, 3.05) is 38.6 Å². The lowest BCUT2D eigenvalue weighted by molar-refractivity contribution is -0.150. The first-order valence-corrected chi connectivity index (χ1v) is 9.24. The van der Waals surface area contributed by atoms with Crippen LogP contribution in [0.3, 0.4) is 0 Å². The smallest absolute Gasteiger partial charge is 0.312 e. The maximum atomic E-state index is 12.5. The van der Waals surface area contributed by atoms with Crippen molar-refractivity contribution in [3.63, 3.8) is 0 Å². The summed E-state index contributed by atoms with van der Waals surface area (Å²) in [5.41, 5.74) is -0.294. The highest BCUT2D eigenvalue weighted by Gasteiger charge is 2.50. The van der Waals surface area contributed by atoms with E-state index in [0.29, 0.717) is 0 Å². The van der Waals surface area contributed by atoms with Crippen molar-refractivity contribution < 1.29 is 9.53 Å². The van der Waals surface area contributed by atoms with Crippen molar-refractivity contribution in [1.29, 1.82) is 0 Å². The van der Waals surface area contributed by atoms with Gasteiger partial charge >= 0.3 is 5.97 Å². The van der Waals surface area contributed by atoms with Gasteiger partial charge in [-0.3, -0.25) is 4.79 Å². The van der Waals surface area contributed by atoms with Crippen molar-refractivity contribution in [2.45, 2.75) is 25.4 Å². The lowest BCUT2D eigenvalue weighted by atomic mass is 9.76. The lowest BCUT2D eigenvalue weighted by Crippen LogP contribution is -2.43. The number of ether oxygens (including phenoxy) is 1. The molecule has 6 nitrogen and oxygen atoms in total. The molecule has 2 fully saturated rings. The summed E-state index contributed by atoms with van der Waals surface area (Å²) in [6.07, 6.45) is 4.18. The Kier molecular flexibility index (Phi) is 3.92. The van der Waals surface area contributed by atoms with Crippen LogP contribution in [0.25, 0.3) is 10.2 Å². The number of nitrogens with zero attached hydrogens (tertiary/aromatic N) is 4. The lowest BCUT2D eigenvalue weighted by Gasteiger charge is -2.37. The number of likely N-dealkylation sites (N-methyl/N-ethyl adjacent to an activating group) is 1. The minimum Gasteiger partial charge on any atom is -0.461 e. The molecular formula is C17H22N4O2S. The molecule has 2 saturated heterocycles. The second kappa shape index (κ2) is 5.97. The number of thiophene rings is 1. The van der Waals surface area contributed by atoms with Gasteiger partial charge in [0.25, 0.3) is 0 Å². The third-order valence-corrected chi connectivity index (χ3v) is 5.98. The zero-order valence-electron chi connectivity index (χ0n) is 14.1. The molecule has 2 aromatic rings. The van der Waals surface area contributed by atoms with E-state index in [2.05, 4.69) is 31.2 Å². The number of hydrogen-bond donors (Lipinski definition) is 0. The number of fused-ring (bicyclic) bond motifs is 1. The summed E-state index contributed by atoms with van der Waals surface area (Å²) in [5, 5.41) is 3.16. The van der Waals surface area contributed by atoms with Crippen molar-refractivity contribution in [2.24, 2.45) is 5.41 Å². The highest BCUT2D eigenvalue weighted by molar-refractivity contribution is 7.16. The van der Waals surface area contributed by atoms with Gasteiger partial charge in [-0.05, 0) is 38.4 Å². The molecule has 0 radical (unpaired) electrons. The maximum absolute atomic E-state index is 12.5. The predicted octanol–water partition coefficient (Wildman–Crippen LogP) is 2.15. The van der Waals surface area contributed by atoms with Crippen LogP contribution in [0, 0.1) is 5.41 Å². The Labute approximate surface area is 145 Å². The van der Waals surface area contributed by atoms with Crippen LogP contribution in [0.2, 0.25) is 0 Å². The molecule has 1 spiro atoms. The SMILES string of the molecule is CN(C)CC1CC2(CCN(c3ncnc4sccc34)CC2)C(=O)O1. The van der Waals surface area contributed by atoms with Crippen molar-refractivity contribution in [3.05, 3.63) is 17.8 Å². The van der Waals surface area contributed by atoms with E-state index in [1.807, 2.05) is 14.1 Å². The Morgan fingerprint density at radius 1 is 1.38 bits per heavy atom. The van der Waals surface area contributed by atoms with Gasteiger partial charge in [0.05, 0.1) is 10.8 Å². The van der Waals surface area contributed by atoms with Gasteiger partial charge in [0, 0.05) is 26.1 Å². The van der Waals surface area contributed by atoms with Crippen molar-refractivity contribution in [1.82, 2.24) is 14.9 Å². The van der Waals surface area contributed by atoms with E-state index in [-0.39, 0.29) is 17.5 Å². The topological polar surface area (TPSA) is 58.6 Å². The number of cyclic esters (lactones) is 1. The molecule has 2 aliphatic heterocycles. The highest BCUT2D eigenvalue weighted by atomic mass is 32.1. The molecule has 0 bridgehead atoms. The number of carbonyl (C=O) groups excluding carboxylic acids is 1. The first kappa shape index (κ1) is 15.8. The zero-order chi connectivity index (χ0) is 16.7. The van der Waals surface area contributed by atoms with Crippen LogP contribution < -0.4 is 4.90 Å². The summed E-state index contributed by atoms with van der Waals surface area (Å²) < 4.78 is 5.64. The number of hydrogen-bond acceptors (Lipinski definition) is 7. The van der Waals surface area contributed by atoms with E-state index in [1.165, 1.54) is 0 Å². The summed E-state index contributed by atoms with van der Waals surface area (Å²) in [7, 11) is 4.03. The van der Waals surface area contributed by atoms with E-state index in [0.717, 1.165) is 54.9 Å². The molecule has 2 aromatic heterocycles. The first-order valence-electron chi connectivity index (χ1n) is 8.36. The molecule has 0 N–H and O–H groups in total. The number of anilines is 1. The van der Waals surface area contributed by atoms with Crippen LogP contribution >= 0.6 is 11.3 Å². The summed E-state index contributed by atoms with van der Waals surface area (Å²) in [6, 6.07) is 2.08. The molecule has 7 heteroatoms. The van der Waals surface area contributed by atoms with Crippen LogP contribution in [0.4, 0.5) is 5.82 Å². The number of carbonyl (C=O) groups is 1. The van der Waals surface area contributed by atoms with E-state index in [4.69, 9.17) is 4.74 Å². The molecule has 0 aliphatic carbocycles. The van der Waals surface area contributed by atoms with Gasteiger partial charge in [0.15, 0.2) is 0 Å². The third-order valence-electron chi connectivity index (χ3n) is 5.15. The third kappa shape index (κ3) is 2.65. The average molecular weight is 346 g/mol. The Hall–Kier alpha value is -1.73. The first-order chi connectivity index (χ1) is 11.6. The number of rotatable bonds is 3. The summed E-state index contributed by atoms with van der Waals surface area (Å²) in [5.74, 6) is 0.990. The van der Waals surface area contributed by atoms with Crippen LogP contribution in [0.1, 0.15) is 19.3 Å². The number of aromatic nitrogens is 2. The monoisotopic (exact) mass is 346 g/mol. The minimum atomic E-state index is -0.294. The maximum Gasteiger partial charge on any atom is 0.312 e. The predicted molar refractivity (Wildman–Crippen MR) is 94.3 cm³/mol. The quantitative estimate of drug-likeness (QED) is 0.794. The molecule has 1 unspecified atom stereocenters. The molecule has 24 heavy (non-hydrogen) atoms. The fourth-order valence-electron chi connectivity index (χ4n) is 3.93. The Bertz CT molecular complexity index is 752. The fraction of sp³-hybridized carbons (Fsp3) is 0.588. The molecule has 4 rings (SSSR count). The highest BCUT2D eigenvalue weighted by Crippen LogP contribution is 2.44. The van der Waals surface area contributed by atoms with E-state index in [9.17, 15) is 4.79 Å². The van der Waals surface area contributed by atoms with Gasteiger partial charge in [0.1, 0.15) is 23.1 Å². The molecule has 0 aromatic carbocycles. The average Bonchev–Trinajstić information content (AvgIpc) is 3.13. The number of piperidine rings is 1. The standard InChI is InChI=1S/C17H22N4O2S/c1-20(2)10-12-9-17(16(22)23-12)4-6-21(7-5-17)14-13-3-8-24-15(13)19-11-18-14/h3,8,11-12H,4-7,9-10H2,1-2H3. The molecule has 2 aliphatic rings. The summed E-state index contributed by atoms with van der Waals surface area (Å²) in [6.45, 7) is 2.48. The Morgan fingerprint density at radius 2 is 2.17 bits per heavy atom. The molecule has 4 heterocycles. The normalized spacial score (nSPS) is 23.4. The Balaban J connectivity index is 1.49. The molecule has 128 valence electrons. The van der Waals surface area contributed by atoms with Crippen LogP contribution in [0.15, 0.2) is 17.8 Å². The molecule has 0 saturated carbocycles. The van der Waals surface area contributed by atoms with Crippen molar-refractivity contribution >= 4 is 33.3 Å². The second-order valence-corrected chi connectivity index (χ2v) is 7.99. The van der Waals surface area contributed by atoms with Crippen LogP contribution in [-0.2, 0) is 9.53 Å². The second-order valence-electron chi connectivity index (χ2n) is 7.10. The van der Waals surface area contributed by atoms with Gasteiger partial charge in [-0.1, -0.05) is 0 Å². The summed E-state index contributed by atoms with van der Waals surface area (Å²) >= 11 is 1.63. The van der Waals surface area contributed by atoms with Gasteiger partial charge in [-0.25, -0.2) is 9.97 Å². The van der Waals surface area contributed by atoms with Crippen LogP contribution in [-0.4, -0.2) is 60.7 Å². The summed E-state index contributed by atoms with van der Waals surface area (Å²) in [4.78, 5) is 26.7. The molecule has 0 amide bonds. The van der Waals surface area contributed by atoms with E-state index >= 15 is 0 Å². The van der Waals surface area contributed by atoms with Crippen LogP contribution in [0.5, 0.6) is 0 Å². The molecule has 1 atom stereocenters. The van der Waals surface area contributed by atoms with E-state index in [1.54, 1.807) is 17.7 Å². The van der Waals surface area contributed by atoms with Gasteiger partial charge in [0.2, 0.25) is 0 Å². The Morgan fingerprint density at radius 3 is 2.92 bits per heavy atom. The minimum absolute atomic E-state index is 0.00244. The number of esters is 1. The largest absolute Gasteiger partial charge is 0.461 e. The molecular weight excluding hydrogens is 324 g/mol. The van der Waals surface area contributed by atoms with Gasteiger partial charge < -0.3 is 14.5 Å². The fourth-order valence-corrected chi connectivity index (χ4v) is 4.66.